The van der Waals surface area contributed by atoms with Crippen LogP contribution in [0.5, 0.6) is 0 Å². The van der Waals surface area contributed by atoms with Crippen molar-refractivity contribution in [1.82, 2.24) is 4.90 Å². The minimum atomic E-state index is -3.09. The van der Waals surface area contributed by atoms with Crippen LogP contribution in [0.4, 0.5) is 0 Å². The summed E-state index contributed by atoms with van der Waals surface area (Å²) in [6, 6.07) is 0. The van der Waals surface area contributed by atoms with E-state index in [0.717, 1.165) is 17.1 Å². The van der Waals surface area contributed by atoms with Crippen molar-refractivity contribution in [3.8, 4) is 0 Å². The van der Waals surface area contributed by atoms with E-state index in [4.69, 9.17) is 4.89 Å². The van der Waals surface area contributed by atoms with Crippen LogP contribution < -0.4 is 0 Å². The second-order valence-corrected chi connectivity index (χ2v) is 3.17. The van der Waals surface area contributed by atoms with Crippen molar-refractivity contribution in [2.75, 3.05) is 6.73 Å². The summed E-state index contributed by atoms with van der Waals surface area (Å²) in [6.45, 7) is 6.21. The zero-order chi connectivity index (χ0) is 11.1. The summed E-state index contributed by atoms with van der Waals surface area (Å²) in [5, 5.41) is 18.6. The molecule has 82 valence electrons. The summed E-state index contributed by atoms with van der Waals surface area (Å²) in [7, 11) is -3.09. The van der Waals surface area contributed by atoms with E-state index in [2.05, 4.69) is 17.7 Å². The van der Waals surface area contributed by atoms with E-state index in [1.165, 1.54) is 0 Å². The average Bonchev–Trinajstić information content (AvgIpc) is 2.16. The third kappa shape index (κ3) is 4.66. The summed E-state index contributed by atoms with van der Waals surface area (Å²) in [6.07, 6.45) is -0.0660. The monoisotopic (exact) mass is 223 g/mol. The lowest BCUT2D eigenvalue weighted by molar-refractivity contribution is -0.0908. The van der Waals surface area contributed by atoms with Crippen LogP contribution in [0.1, 0.15) is 0 Å². The molecule has 0 aliphatic carbocycles. The highest BCUT2D eigenvalue weighted by atomic mass is 31.1. The van der Waals surface area contributed by atoms with E-state index in [9.17, 15) is 14.8 Å². The van der Waals surface area contributed by atoms with Gasteiger partial charge in [0.2, 0.25) is 0 Å². The standard InChI is InChI=1S/C7H14NO5P/c1-3-6(9)8(7(10)4-2)5-13-14(11)12/h3-4,6-7,9-10,14H,1-2,5H2,(H,11,12). The summed E-state index contributed by atoms with van der Waals surface area (Å²) >= 11 is 0. The molecule has 0 fully saturated rings. The largest absolute Gasteiger partial charge is 0.375 e. The van der Waals surface area contributed by atoms with E-state index < -0.39 is 27.4 Å². The molecule has 7 heteroatoms. The maximum Gasteiger partial charge on any atom is 0.317 e. The molecule has 3 N–H and O–H groups in total. The Kier molecular flexibility index (Phi) is 6.65. The molecule has 0 saturated carbocycles. The second-order valence-electron chi connectivity index (χ2n) is 2.35. The number of hydrogen-bond acceptors (Lipinski definition) is 5. The van der Waals surface area contributed by atoms with Crippen LogP contribution in [0.25, 0.3) is 0 Å². The van der Waals surface area contributed by atoms with Crippen LogP contribution in [0, 0.1) is 0 Å². The summed E-state index contributed by atoms with van der Waals surface area (Å²) < 4.78 is 14.6. The smallest absolute Gasteiger partial charge is 0.317 e. The molecular weight excluding hydrogens is 209 g/mol. The summed E-state index contributed by atoms with van der Waals surface area (Å²) in [5.41, 5.74) is 0. The van der Waals surface area contributed by atoms with Crippen molar-refractivity contribution in [3.63, 3.8) is 0 Å². The minimum Gasteiger partial charge on any atom is -0.375 e. The van der Waals surface area contributed by atoms with Crippen molar-refractivity contribution in [2.24, 2.45) is 0 Å². The van der Waals surface area contributed by atoms with Crippen molar-refractivity contribution < 1.29 is 24.2 Å². The average molecular weight is 223 g/mol. The molecule has 0 rings (SSSR count). The van der Waals surface area contributed by atoms with Gasteiger partial charge in [-0.2, -0.15) is 0 Å². The molecule has 3 atom stereocenters. The Hall–Kier alpha value is -0.490. The van der Waals surface area contributed by atoms with Crippen LogP contribution in [-0.2, 0) is 9.09 Å². The Morgan fingerprint density at radius 3 is 2.07 bits per heavy atom. The van der Waals surface area contributed by atoms with Gasteiger partial charge in [-0.25, -0.2) is 4.90 Å². The molecule has 0 bridgehead atoms. The van der Waals surface area contributed by atoms with Gasteiger partial charge in [-0.15, -0.1) is 0 Å². The predicted octanol–water partition coefficient (Wildman–Crippen LogP) is -0.347. The van der Waals surface area contributed by atoms with Gasteiger partial charge in [0.05, 0.1) is 0 Å². The van der Waals surface area contributed by atoms with Crippen molar-refractivity contribution in [1.29, 1.82) is 0 Å². The number of hydrogen-bond donors (Lipinski definition) is 3. The molecule has 0 aromatic carbocycles. The van der Waals surface area contributed by atoms with Crippen molar-refractivity contribution >= 4 is 8.25 Å². The van der Waals surface area contributed by atoms with E-state index in [1.807, 2.05) is 0 Å². The molecular formula is C7H14NO5P. The first-order valence-corrected chi connectivity index (χ1v) is 5.02. The second kappa shape index (κ2) is 6.89. The Morgan fingerprint density at radius 1 is 1.36 bits per heavy atom. The van der Waals surface area contributed by atoms with Crippen molar-refractivity contribution in [3.05, 3.63) is 25.3 Å². The zero-order valence-corrected chi connectivity index (χ0v) is 8.54. The molecule has 0 aliphatic rings. The van der Waals surface area contributed by atoms with Crippen LogP contribution >= 0.6 is 8.25 Å². The minimum absolute atomic E-state index is 0.394. The topological polar surface area (TPSA) is 90.2 Å². The Bertz CT molecular complexity index is 208. The van der Waals surface area contributed by atoms with Crippen LogP contribution in [0.2, 0.25) is 0 Å². The zero-order valence-electron chi connectivity index (χ0n) is 7.54. The van der Waals surface area contributed by atoms with E-state index in [-0.39, 0.29) is 0 Å². The highest BCUT2D eigenvalue weighted by molar-refractivity contribution is 7.32. The molecule has 3 unspecified atom stereocenters. The summed E-state index contributed by atoms with van der Waals surface area (Å²) in [5.74, 6) is 0. The molecule has 0 aliphatic heterocycles. The molecule has 0 saturated heterocycles. The lowest BCUT2D eigenvalue weighted by Crippen LogP contribution is -2.42. The van der Waals surface area contributed by atoms with Gasteiger partial charge in [-0.3, -0.25) is 9.09 Å². The Balaban J connectivity index is 4.30. The molecule has 0 spiro atoms. The van der Waals surface area contributed by atoms with Gasteiger partial charge in [0, 0.05) is 0 Å². The fraction of sp³-hybridized carbons (Fsp3) is 0.429. The van der Waals surface area contributed by atoms with Gasteiger partial charge in [-0.1, -0.05) is 13.2 Å². The molecule has 0 radical (unpaired) electrons. The quantitative estimate of drug-likeness (QED) is 0.310. The van der Waals surface area contributed by atoms with Crippen LogP contribution in [-0.4, -0.2) is 39.2 Å². The molecule has 0 amide bonds. The first kappa shape index (κ1) is 13.5. The predicted molar refractivity (Wildman–Crippen MR) is 51.4 cm³/mol. The lowest BCUT2D eigenvalue weighted by Gasteiger charge is -2.27. The Labute approximate surface area is 82.7 Å². The van der Waals surface area contributed by atoms with E-state index >= 15 is 0 Å². The number of aliphatic hydroxyl groups excluding tert-OH is 2. The van der Waals surface area contributed by atoms with Gasteiger partial charge in [0.15, 0.2) is 0 Å². The van der Waals surface area contributed by atoms with Gasteiger partial charge in [-0.05, 0) is 12.2 Å². The van der Waals surface area contributed by atoms with Gasteiger partial charge >= 0.3 is 8.25 Å². The Morgan fingerprint density at radius 2 is 1.79 bits per heavy atom. The molecule has 14 heavy (non-hydrogen) atoms. The fourth-order valence-corrected chi connectivity index (χ4v) is 0.969. The SMILES string of the molecule is C=CC(O)N(CO[PH](=O)O)C(O)C=C. The first-order valence-electron chi connectivity index (χ1n) is 3.75. The summed E-state index contributed by atoms with van der Waals surface area (Å²) in [4.78, 5) is 9.38. The number of nitrogens with zero attached hydrogens (tertiary/aromatic N) is 1. The van der Waals surface area contributed by atoms with Crippen molar-refractivity contribution in [2.45, 2.75) is 12.5 Å². The normalized spacial score (nSPS) is 17.4. The first-order chi connectivity index (χ1) is 6.52. The van der Waals surface area contributed by atoms with Crippen LogP contribution in [0.15, 0.2) is 25.3 Å². The third-order valence-electron chi connectivity index (χ3n) is 1.44. The fourth-order valence-electron chi connectivity index (χ4n) is 0.710. The number of aliphatic hydroxyl groups is 2. The molecule has 0 aromatic rings. The molecule has 6 nitrogen and oxygen atoms in total. The molecule has 0 heterocycles. The third-order valence-corrected chi connectivity index (χ3v) is 1.81. The van der Waals surface area contributed by atoms with E-state index in [0.29, 0.717) is 0 Å². The number of rotatable bonds is 7. The maximum atomic E-state index is 10.2. The molecule has 0 aromatic heterocycles. The van der Waals surface area contributed by atoms with Gasteiger partial charge in [0.25, 0.3) is 0 Å². The highest BCUT2D eigenvalue weighted by Crippen LogP contribution is 2.16. The van der Waals surface area contributed by atoms with Crippen LogP contribution in [0.3, 0.4) is 0 Å². The lowest BCUT2D eigenvalue weighted by atomic mass is 10.4. The van der Waals surface area contributed by atoms with E-state index in [1.54, 1.807) is 0 Å². The maximum absolute atomic E-state index is 10.2. The highest BCUT2D eigenvalue weighted by Gasteiger charge is 2.19. The van der Waals surface area contributed by atoms with Gasteiger partial charge in [0.1, 0.15) is 19.2 Å². The van der Waals surface area contributed by atoms with Gasteiger partial charge < -0.3 is 15.1 Å².